The van der Waals surface area contributed by atoms with Crippen LogP contribution in [0.2, 0.25) is 0 Å². The summed E-state index contributed by atoms with van der Waals surface area (Å²) in [6.45, 7) is 8.83. The van der Waals surface area contributed by atoms with Gasteiger partial charge in [0.15, 0.2) is 18.9 Å². The molecule has 0 aromatic heterocycles. The highest BCUT2D eigenvalue weighted by atomic mass is 16.7. The van der Waals surface area contributed by atoms with Crippen LogP contribution >= 0.6 is 0 Å². The van der Waals surface area contributed by atoms with Crippen molar-refractivity contribution in [3.05, 3.63) is 0 Å². The van der Waals surface area contributed by atoms with Gasteiger partial charge in [-0.25, -0.2) is 0 Å². The molecule has 0 saturated carbocycles. The third kappa shape index (κ3) is 11.4. The number of hydrogen-bond acceptors (Lipinski definition) is 9. The van der Waals surface area contributed by atoms with Gasteiger partial charge >= 0.3 is 5.97 Å². The van der Waals surface area contributed by atoms with E-state index in [1.165, 1.54) is 6.92 Å². The van der Waals surface area contributed by atoms with Gasteiger partial charge in [0.1, 0.15) is 0 Å². The number of ether oxygens (including phenoxy) is 7. The van der Waals surface area contributed by atoms with Gasteiger partial charge in [-0.15, -0.1) is 0 Å². The Hall–Kier alpha value is -0.810. The average molecular weight is 545 g/mol. The van der Waals surface area contributed by atoms with Crippen molar-refractivity contribution in [1.82, 2.24) is 0 Å². The summed E-state index contributed by atoms with van der Waals surface area (Å²) in [6.07, 6.45) is 9.11. The first-order valence-corrected chi connectivity index (χ1v) is 15.1. The van der Waals surface area contributed by atoms with E-state index >= 15 is 0 Å². The summed E-state index contributed by atoms with van der Waals surface area (Å²) in [7, 11) is 0. The van der Waals surface area contributed by atoms with Crippen molar-refractivity contribution in [2.75, 3.05) is 13.2 Å². The summed E-state index contributed by atoms with van der Waals surface area (Å²) in [5.74, 6) is -0.270. The first-order chi connectivity index (χ1) is 18.4. The van der Waals surface area contributed by atoms with E-state index < -0.39 is 6.10 Å². The van der Waals surface area contributed by atoms with Crippen LogP contribution in [0.15, 0.2) is 0 Å². The molecule has 3 fully saturated rings. The normalized spacial score (nSPS) is 35.1. The molecule has 0 bridgehead atoms. The molecule has 0 amide bonds. The van der Waals surface area contributed by atoms with Crippen LogP contribution in [0.25, 0.3) is 0 Å². The zero-order valence-electron chi connectivity index (χ0n) is 24.0. The van der Waals surface area contributed by atoms with Gasteiger partial charge in [0, 0.05) is 32.6 Å². The smallest absolute Gasteiger partial charge is 0.302 e. The second kappa shape index (κ2) is 17.1. The third-order valence-corrected chi connectivity index (χ3v) is 7.43. The Bertz CT molecular complexity index is 660. The molecule has 3 saturated heterocycles. The van der Waals surface area contributed by atoms with Crippen molar-refractivity contribution in [1.29, 1.82) is 0 Å². The predicted octanol–water partition coefficient (Wildman–Crippen LogP) is 5.00. The molecule has 3 aliphatic heterocycles. The average Bonchev–Trinajstić information content (AvgIpc) is 2.84. The quantitative estimate of drug-likeness (QED) is 0.285. The molecule has 38 heavy (non-hydrogen) atoms. The van der Waals surface area contributed by atoms with Gasteiger partial charge in [0.25, 0.3) is 0 Å². The zero-order chi connectivity index (χ0) is 27.3. The summed E-state index contributed by atoms with van der Waals surface area (Å²) in [6, 6.07) is 0. The van der Waals surface area contributed by atoms with Gasteiger partial charge in [0.2, 0.25) is 0 Å². The zero-order valence-corrected chi connectivity index (χ0v) is 24.0. The largest absolute Gasteiger partial charge is 0.466 e. The highest BCUT2D eigenvalue weighted by molar-refractivity contribution is 5.65. The second-order valence-electron chi connectivity index (χ2n) is 11.1. The first kappa shape index (κ1) is 31.7. The molecular weight excluding hydrogens is 492 g/mol. The number of aliphatic hydroxyl groups is 1. The number of rotatable bonds is 15. The van der Waals surface area contributed by atoms with Gasteiger partial charge in [-0.05, 0) is 38.5 Å². The Morgan fingerprint density at radius 1 is 0.763 bits per heavy atom. The van der Waals surface area contributed by atoms with Crippen molar-refractivity contribution >= 4 is 5.97 Å². The summed E-state index contributed by atoms with van der Waals surface area (Å²) >= 11 is 0. The molecule has 0 aromatic rings. The van der Waals surface area contributed by atoms with Crippen molar-refractivity contribution in [3.63, 3.8) is 0 Å². The minimum atomic E-state index is -0.495. The lowest BCUT2D eigenvalue weighted by atomic mass is 9.94. The predicted molar refractivity (Wildman–Crippen MR) is 141 cm³/mol. The minimum absolute atomic E-state index is 0.00437. The minimum Gasteiger partial charge on any atom is -0.466 e. The van der Waals surface area contributed by atoms with E-state index in [9.17, 15) is 9.90 Å². The molecule has 3 rings (SSSR count). The van der Waals surface area contributed by atoms with Crippen molar-refractivity contribution in [2.24, 2.45) is 0 Å². The highest BCUT2D eigenvalue weighted by Gasteiger charge is 2.37. The molecule has 0 spiro atoms. The van der Waals surface area contributed by atoms with Crippen molar-refractivity contribution in [2.45, 2.75) is 167 Å². The Morgan fingerprint density at radius 3 is 1.92 bits per heavy atom. The Labute approximate surface area is 229 Å². The van der Waals surface area contributed by atoms with E-state index in [1.54, 1.807) is 0 Å². The number of aliphatic hydroxyl groups excluding tert-OH is 1. The molecule has 0 radical (unpaired) electrons. The number of esters is 1. The summed E-state index contributed by atoms with van der Waals surface area (Å²) < 4.78 is 41.9. The molecule has 9 heteroatoms. The van der Waals surface area contributed by atoms with Crippen LogP contribution in [-0.2, 0) is 38.0 Å². The van der Waals surface area contributed by atoms with E-state index in [1.807, 2.05) is 0 Å². The van der Waals surface area contributed by atoms with E-state index in [0.717, 1.165) is 64.2 Å². The third-order valence-electron chi connectivity index (χ3n) is 7.43. The summed E-state index contributed by atoms with van der Waals surface area (Å²) in [4.78, 5) is 11.2. The lowest BCUT2D eigenvalue weighted by Crippen LogP contribution is -2.45. The van der Waals surface area contributed by atoms with Gasteiger partial charge in [-0.1, -0.05) is 40.0 Å². The van der Waals surface area contributed by atoms with Crippen LogP contribution in [0.5, 0.6) is 0 Å². The van der Waals surface area contributed by atoms with Crippen LogP contribution in [0.4, 0.5) is 0 Å². The fraction of sp³-hybridized carbons (Fsp3) is 0.966. The molecule has 3 aliphatic rings. The maximum Gasteiger partial charge on any atom is 0.302 e. The molecule has 9 atom stereocenters. The highest BCUT2D eigenvalue weighted by Crippen LogP contribution is 2.32. The van der Waals surface area contributed by atoms with E-state index in [0.29, 0.717) is 32.5 Å². The van der Waals surface area contributed by atoms with Gasteiger partial charge < -0.3 is 38.3 Å². The van der Waals surface area contributed by atoms with Gasteiger partial charge in [-0.3, -0.25) is 4.79 Å². The van der Waals surface area contributed by atoms with Crippen LogP contribution in [-0.4, -0.2) is 79.8 Å². The molecule has 9 unspecified atom stereocenters. The van der Waals surface area contributed by atoms with Gasteiger partial charge in [0.05, 0.1) is 49.8 Å². The van der Waals surface area contributed by atoms with Crippen LogP contribution < -0.4 is 0 Å². The number of carbonyl (C=O) groups excluding carboxylic acids is 1. The fourth-order valence-corrected chi connectivity index (χ4v) is 5.66. The van der Waals surface area contributed by atoms with Crippen molar-refractivity contribution in [3.8, 4) is 0 Å². The van der Waals surface area contributed by atoms with E-state index in [-0.39, 0.29) is 55.4 Å². The Morgan fingerprint density at radius 2 is 1.29 bits per heavy atom. The monoisotopic (exact) mass is 544 g/mol. The molecule has 222 valence electrons. The summed E-state index contributed by atoms with van der Waals surface area (Å²) in [5.41, 5.74) is 0. The molecule has 3 heterocycles. The molecule has 9 nitrogen and oxygen atoms in total. The van der Waals surface area contributed by atoms with Crippen LogP contribution in [0.3, 0.4) is 0 Å². The topological polar surface area (TPSA) is 102 Å². The molecule has 0 aromatic carbocycles. The maximum absolute atomic E-state index is 11.2. The van der Waals surface area contributed by atoms with Gasteiger partial charge in [-0.2, -0.15) is 0 Å². The Balaban J connectivity index is 1.53. The summed E-state index contributed by atoms with van der Waals surface area (Å²) in [5, 5.41) is 10.9. The van der Waals surface area contributed by atoms with Crippen molar-refractivity contribution < 1.29 is 43.1 Å². The van der Waals surface area contributed by atoms with E-state index in [4.69, 9.17) is 33.2 Å². The molecule has 1 N–H and O–H groups in total. The number of hydrogen-bond donors (Lipinski definition) is 1. The molecule has 0 aliphatic carbocycles. The standard InChI is InChI=1S/C29H52O9/c1-5-8-27-33-14-12-22(34-27)15-21(31)16-24-18-26(38-29(36-24)10-7-3)19-25-17-23(11-13-32-20(4)30)35-28(37-25)9-6-2/h21-29,31H,5-19H2,1-4H3. The fourth-order valence-electron chi connectivity index (χ4n) is 5.66. The maximum atomic E-state index is 11.2. The van der Waals surface area contributed by atoms with Crippen LogP contribution in [0, 0.1) is 0 Å². The Kier molecular flexibility index (Phi) is 14.3. The van der Waals surface area contributed by atoms with E-state index in [2.05, 4.69) is 20.8 Å². The SMILES string of the molecule is CCCC1OCCC(CC(O)CC2CC(CC3CC(CCOC(C)=O)OC(CCC)O3)OC(CCC)O2)O1. The lowest BCUT2D eigenvalue weighted by molar-refractivity contribution is -0.276. The lowest BCUT2D eigenvalue weighted by Gasteiger charge is -2.41. The first-order valence-electron chi connectivity index (χ1n) is 15.1. The number of carbonyl (C=O) groups is 1. The molecular formula is C29H52O9. The van der Waals surface area contributed by atoms with Crippen LogP contribution in [0.1, 0.15) is 111 Å². The second-order valence-corrected chi connectivity index (χ2v) is 11.1.